The monoisotopic (exact) mass is 259 g/mol. The quantitative estimate of drug-likeness (QED) is 0.442. The summed E-state index contributed by atoms with van der Waals surface area (Å²) in [5.74, 6) is -0.174. The first kappa shape index (κ1) is 16.9. The molecule has 0 atom stereocenters. The van der Waals surface area contributed by atoms with Gasteiger partial charge in [-0.05, 0) is 12.8 Å². The zero-order valence-corrected chi connectivity index (χ0v) is 11.7. The third kappa shape index (κ3) is 8.06. The van der Waals surface area contributed by atoms with Crippen LogP contribution in [0.15, 0.2) is 0 Å². The van der Waals surface area contributed by atoms with Crippen molar-refractivity contribution in [2.24, 2.45) is 0 Å². The Kier molecular flexibility index (Phi) is 10.3. The fourth-order valence-corrected chi connectivity index (χ4v) is 1.58. The van der Waals surface area contributed by atoms with Crippen molar-refractivity contribution < 1.29 is 19.1 Å². The lowest BCUT2D eigenvalue weighted by atomic mass is 10.2. The van der Waals surface area contributed by atoms with E-state index in [0.29, 0.717) is 26.1 Å². The van der Waals surface area contributed by atoms with Gasteiger partial charge in [-0.1, -0.05) is 13.3 Å². The molecule has 0 aliphatic carbocycles. The molecule has 0 aromatic heterocycles. The van der Waals surface area contributed by atoms with Gasteiger partial charge in [0.25, 0.3) is 0 Å². The van der Waals surface area contributed by atoms with Gasteiger partial charge in [-0.3, -0.25) is 9.59 Å². The van der Waals surface area contributed by atoms with Crippen molar-refractivity contribution in [1.82, 2.24) is 4.90 Å². The molecule has 5 nitrogen and oxygen atoms in total. The van der Waals surface area contributed by atoms with Crippen LogP contribution in [0, 0.1) is 0 Å². The number of carbonyl (C=O) groups is 2. The van der Waals surface area contributed by atoms with E-state index in [1.807, 2.05) is 0 Å². The smallest absolute Gasteiger partial charge is 0.307 e. The van der Waals surface area contributed by atoms with Crippen molar-refractivity contribution in [2.75, 3.05) is 33.9 Å². The molecular weight excluding hydrogens is 234 g/mol. The van der Waals surface area contributed by atoms with E-state index in [-0.39, 0.29) is 18.3 Å². The number of amides is 1. The summed E-state index contributed by atoms with van der Waals surface area (Å²) in [5, 5.41) is 0. The van der Waals surface area contributed by atoms with Crippen LogP contribution in [0.1, 0.15) is 39.0 Å². The van der Waals surface area contributed by atoms with Gasteiger partial charge in [0.1, 0.15) is 0 Å². The third-order valence-corrected chi connectivity index (χ3v) is 2.69. The van der Waals surface area contributed by atoms with E-state index in [1.54, 1.807) is 12.0 Å². The van der Waals surface area contributed by atoms with Crippen LogP contribution in [0.25, 0.3) is 0 Å². The number of unbranched alkanes of at least 4 members (excludes halogenated alkanes) is 1. The molecule has 106 valence electrons. The molecular formula is C13H25NO4. The Bertz CT molecular complexity index is 243. The summed E-state index contributed by atoms with van der Waals surface area (Å²) in [4.78, 5) is 24.8. The molecule has 0 bridgehead atoms. The van der Waals surface area contributed by atoms with Crippen LogP contribution in [0.4, 0.5) is 0 Å². The minimum atomic E-state index is -0.282. The molecule has 0 unspecified atom stereocenters. The molecule has 0 fully saturated rings. The molecule has 0 aliphatic heterocycles. The fourth-order valence-electron chi connectivity index (χ4n) is 1.58. The lowest BCUT2D eigenvalue weighted by Crippen LogP contribution is -2.34. The highest BCUT2D eigenvalue weighted by atomic mass is 16.5. The second kappa shape index (κ2) is 11.0. The summed E-state index contributed by atoms with van der Waals surface area (Å²) in [6.45, 7) is 3.74. The largest absolute Gasteiger partial charge is 0.469 e. The summed E-state index contributed by atoms with van der Waals surface area (Å²) in [7, 11) is 2.99. The van der Waals surface area contributed by atoms with Gasteiger partial charge in [-0.25, -0.2) is 0 Å². The zero-order valence-electron chi connectivity index (χ0n) is 11.7. The van der Waals surface area contributed by atoms with E-state index >= 15 is 0 Å². The number of methoxy groups -OCH3 is 2. The van der Waals surface area contributed by atoms with Crippen LogP contribution < -0.4 is 0 Å². The van der Waals surface area contributed by atoms with Crippen molar-refractivity contribution in [2.45, 2.75) is 39.0 Å². The molecule has 1 amide bonds. The standard InChI is InChI=1S/C13H25NO4/c1-4-5-7-12(15)14(9-6-11-17-2)10-8-13(16)18-3/h4-11H2,1-3H3. The SMILES string of the molecule is CCCCC(=O)N(CCCOC)CCC(=O)OC. The Hall–Kier alpha value is -1.10. The first-order valence-electron chi connectivity index (χ1n) is 6.49. The minimum absolute atomic E-state index is 0.108. The molecule has 0 spiro atoms. The number of nitrogens with zero attached hydrogens (tertiary/aromatic N) is 1. The lowest BCUT2D eigenvalue weighted by Gasteiger charge is -2.22. The molecule has 0 rings (SSSR count). The van der Waals surface area contributed by atoms with Gasteiger partial charge in [0.2, 0.25) is 5.91 Å². The Labute approximate surface area is 109 Å². The Balaban J connectivity index is 4.13. The first-order valence-corrected chi connectivity index (χ1v) is 6.49. The molecule has 0 radical (unpaired) electrons. The molecule has 0 aromatic carbocycles. The van der Waals surface area contributed by atoms with Crippen LogP contribution in [-0.2, 0) is 19.1 Å². The van der Waals surface area contributed by atoms with Crippen LogP contribution >= 0.6 is 0 Å². The maximum absolute atomic E-state index is 11.9. The molecule has 0 N–H and O–H groups in total. The first-order chi connectivity index (χ1) is 8.65. The summed E-state index contributed by atoms with van der Waals surface area (Å²) < 4.78 is 9.56. The molecule has 5 heteroatoms. The zero-order chi connectivity index (χ0) is 13.8. The molecule has 0 saturated heterocycles. The fraction of sp³-hybridized carbons (Fsp3) is 0.846. The summed E-state index contributed by atoms with van der Waals surface area (Å²) in [6.07, 6.45) is 3.47. The van der Waals surface area contributed by atoms with Crippen LogP contribution in [-0.4, -0.2) is 50.7 Å². The lowest BCUT2D eigenvalue weighted by molar-refractivity contribution is -0.141. The van der Waals surface area contributed by atoms with Crippen LogP contribution in [0.2, 0.25) is 0 Å². The number of rotatable bonds is 10. The Morgan fingerprint density at radius 1 is 1.06 bits per heavy atom. The second-order valence-electron chi connectivity index (χ2n) is 4.16. The average molecular weight is 259 g/mol. The van der Waals surface area contributed by atoms with Gasteiger partial charge in [0.05, 0.1) is 13.5 Å². The van der Waals surface area contributed by atoms with Gasteiger partial charge >= 0.3 is 5.97 Å². The second-order valence-corrected chi connectivity index (χ2v) is 4.16. The molecule has 0 heterocycles. The highest BCUT2D eigenvalue weighted by Crippen LogP contribution is 2.04. The maximum Gasteiger partial charge on any atom is 0.307 e. The highest BCUT2D eigenvalue weighted by molar-refractivity contribution is 5.77. The normalized spacial score (nSPS) is 10.2. The van der Waals surface area contributed by atoms with Crippen LogP contribution in [0.5, 0.6) is 0 Å². The van der Waals surface area contributed by atoms with Crippen molar-refractivity contribution in [3.63, 3.8) is 0 Å². The molecule has 0 saturated carbocycles. The number of hydrogen-bond donors (Lipinski definition) is 0. The molecule has 0 aromatic rings. The number of esters is 1. The van der Waals surface area contributed by atoms with Crippen molar-refractivity contribution in [1.29, 1.82) is 0 Å². The molecule has 18 heavy (non-hydrogen) atoms. The van der Waals surface area contributed by atoms with E-state index in [0.717, 1.165) is 19.3 Å². The summed E-state index contributed by atoms with van der Waals surface area (Å²) in [5.41, 5.74) is 0. The van der Waals surface area contributed by atoms with E-state index < -0.39 is 0 Å². The average Bonchev–Trinajstić information content (AvgIpc) is 2.39. The number of hydrogen-bond acceptors (Lipinski definition) is 4. The number of carbonyl (C=O) groups excluding carboxylic acids is 2. The predicted octanol–water partition coefficient (Wildman–Crippen LogP) is 1.60. The van der Waals surface area contributed by atoms with Gasteiger partial charge < -0.3 is 14.4 Å². The molecule has 0 aliphatic rings. The summed E-state index contributed by atoms with van der Waals surface area (Å²) >= 11 is 0. The Morgan fingerprint density at radius 3 is 2.33 bits per heavy atom. The van der Waals surface area contributed by atoms with Gasteiger partial charge in [0, 0.05) is 33.2 Å². The highest BCUT2D eigenvalue weighted by Gasteiger charge is 2.14. The summed E-state index contributed by atoms with van der Waals surface area (Å²) in [6, 6.07) is 0. The number of ether oxygens (including phenoxy) is 2. The van der Waals surface area contributed by atoms with Gasteiger partial charge in [-0.15, -0.1) is 0 Å². The van der Waals surface area contributed by atoms with E-state index in [2.05, 4.69) is 11.7 Å². The van der Waals surface area contributed by atoms with Crippen molar-refractivity contribution in [3.8, 4) is 0 Å². The topological polar surface area (TPSA) is 55.8 Å². The van der Waals surface area contributed by atoms with E-state index in [9.17, 15) is 9.59 Å². The van der Waals surface area contributed by atoms with Crippen molar-refractivity contribution >= 4 is 11.9 Å². The minimum Gasteiger partial charge on any atom is -0.469 e. The van der Waals surface area contributed by atoms with Gasteiger partial charge in [-0.2, -0.15) is 0 Å². The van der Waals surface area contributed by atoms with E-state index in [1.165, 1.54) is 7.11 Å². The predicted molar refractivity (Wildman–Crippen MR) is 69.2 cm³/mol. The van der Waals surface area contributed by atoms with Gasteiger partial charge in [0.15, 0.2) is 0 Å². The third-order valence-electron chi connectivity index (χ3n) is 2.69. The van der Waals surface area contributed by atoms with Crippen molar-refractivity contribution in [3.05, 3.63) is 0 Å². The maximum atomic E-state index is 11.9. The van der Waals surface area contributed by atoms with E-state index in [4.69, 9.17) is 4.74 Å². The Morgan fingerprint density at radius 2 is 1.78 bits per heavy atom. The van der Waals surface area contributed by atoms with Crippen LogP contribution in [0.3, 0.4) is 0 Å².